The van der Waals surface area contributed by atoms with Gasteiger partial charge in [-0.1, -0.05) is 52.7 Å². The zero-order valence-electron chi connectivity index (χ0n) is 16.7. The fraction of sp³-hybridized carbons (Fsp3) is 0.250. The summed E-state index contributed by atoms with van der Waals surface area (Å²) in [6.07, 6.45) is 1.03. The van der Waals surface area contributed by atoms with Gasteiger partial charge in [0, 0.05) is 10.6 Å². The van der Waals surface area contributed by atoms with Crippen molar-refractivity contribution in [1.82, 2.24) is 15.5 Å². The van der Waals surface area contributed by atoms with Crippen LogP contribution in [0.15, 0.2) is 47.0 Å². The van der Waals surface area contributed by atoms with E-state index in [2.05, 4.69) is 15.5 Å². The van der Waals surface area contributed by atoms with Gasteiger partial charge in [-0.25, -0.2) is 8.42 Å². The van der Waals surface area contributed by atoms with Crippen LogP contribution in [-0.4, -0.2) is 37.3 Å². The third-order valence-electron chi connectivity index (χ3n) is 4.35. The first kappa shape index (κ1) is 21.8. The monoisotopic (exact) mass is 448 g/mol. The predicted molar refractivity (Wildman–Crippen MR) is 115 cm³/mol. The lowest BCUT2D eigenvalue weighted by atomic mass is 10.1. The number of hydrogen-bond acceptors (Lipinski definition) is 6. The number of anilines is 1. The number of aryl methyl sites for hydroxylation is 2. The Bertz CT molecular complexity index is 1160. The molecule has 1 aromatic heterocycles. The SMILES string of the molecule is Cc1ccc(-c2noc(CNC(=O)CN(c3ccc(C)c(Cl)c3)S(C)(=O)=O)n2)cc1. The Morgan fingerprint density at radius 2 is 1.87 bits per heavy atom. The minimum absolute atomic E-state index is 0.0239. The molecule has 158 valence electrons. The molecule has 2 aromatic carbocycles. The smallest absolute Gasteiger partial charge is 0.246 e. The Morgan fingerprint density at radius 3 is 2.50 bits per heavy atom. The van der Waals surface area contributed by atoms with Gasteiger partial charge in [-0.3, -0.25) is 9.10 Å². The summed E-state index contributed by atoms with van der Waals surface area (Å²) in [6.45, 7) is 3.35. The summed E-state index contributed by atoms with van der Waals surface area (Å²) >= 11 is 6.10. The predicted octanol–water partition coefficient (Wildman–Crippen LogP) is 3.09. The Morgan fingerprint density at radius 1 is 1.17 bits per heavy atom. The number of sulfonamides is 1. The molecular formula is C20H21ClN4O4S. The zero-order valence-corrected chi connectivity index (χ0v) is 18.3. The number of carbonyl (C=O) groups is 1. The number of rotatable bonds is 7. The second-order valence-corrected chi connectivity index (χ2v) is 9.17. The zero-order chi connectivity index (χ0) is 21.9. The molecule has 0 radical (unpaired) electrons. The average molecular weight is 449 g/mol. The van der Waals surface area contributed by atoms with Gasteiger partial charge in [-0.15, -0.1) is 0 Å². The maximum Gasteiger partial charge on any atom is 0.246 e. The quantitative estimate of drug-likeness (QED) is 0.595. The number of nitrogens with one attached hydrogen (secondary N) is 1. The molecule has 0 aliphatic carbocycles. The molecule has 0 aliphatic rings. The van der Waals surface area contributed by atoms with Gasteiger partial charge < -0.3 is 9.84 Å². The summed E-state index contributed by atoms with van der Waals surface area (Å²) < 4.78 is 30.5. The molecule has 8 nitrogen and oxygen atoms in total. The van der Waals surface area contributed by atoms with Crippen LogP contribution in [0, 0.1) is 13.8 Å². The van der Waals surface area contributed by atoms with Crippen LogP contribution in [0.1, 0.15) is 17.0 Å². The topological polar surface area (TPSA) is 105 Å². The van der Waals surface area contributed by atoms with Crippen molar-refractivity contribution < 1.29 is 17.7 Å². The normalized spacial score (nSPS) is 11.3. The van der Waals surface area contributed by atoms with E-state index in [0.717, 1.165) is 27.3 Å². The molecule has 1 amide bonds. The van der Waals surface area contributed by atoms with Crippen molar-refractivity contribution in [3.63, 3.8) is 0 Å². The molecule has 0 atom stereocenters. The Balaban J connectivity index is 1.66. The molecule has 0 saturated heterocycles. The average Bonchev–Trinajstić information content (AvgIpc) is 3.15. The van der Waals surface area contributed by atoms with E-state index in [0.29, 0.717) is 16.5 Å². The number of halogens is 1. The highest BCUT2D eigenvalue weighted by Gasteiger charge is 2.22. The van der Waals surface area contributed by atoms with E-state index < -0.39 is 22.5 Å². The molecule has 3 rings (SSSR count). The number of amides is 1. The van der Waals surface area contributed by atoms with Crippen LogP contribution in [0.2, 0.25) is 5.02 Å². The number of nitrogens with zero attached hydrogens (tertiary/aromatic N) is 3. The van der Waals surface area contributed by atoms with Gasteiger partial charge >= 0.3 is 0 Å². The number of benzene rings is 2. The lowest BCUT2D eigenvalue weighted by molar-refractivity contribution is -0.119. The van der Waals surface area contributed by atoms with Crippen LogP contribution in [0.4, 0.5) is 5.69 Å². The fourth-order valence-electron chi connectivity index (χ4n) is 2.64. The van der Waals surface area contributed by atoms with Gasteiger partial charge in [0.2, 0.25) is 27.6 Å². The molecule has 1 heterocycles. The number of aromatic nitrogens is 2. The standard InChI is InChI=1S/C20H21ClN4O4S/c1-13-4-7-15(8-5-13)20-23-19(29-24-20)11-22-18(26)12-25(30(3,27)28)16-9-6-14(2)17(21)10-16/h4-10H,11-12H2,1-3H3,(H,22,26). The number of carbonyl (C=O) groups excluding carboxylic acids is 1. The van der Waals surface area contributed by atoms with E-state index >= 15 is 0 Å². The van der Waals surface area contributed by atoms with Crippen LogP contribution >= 0.6 is 11.6 Å². The van der Waals surface area contributed by atoms with Gasteiger partial charge in [-0.2, -0.15) is 4.98 Å². The largest absolute Gasteiger partial charge is 0.345 e. The summed E-state index contributed by atoms with van der Waals surface area (Å²) in [5, 5.41) is 6.91. The molecule has 0 aliphatic heterocycles. The lowest BCUT2D eigenvalue weighted by Crippen LogP contribution is -2.40. The molecule has 0 fully saturated rings. The molecule has 30 heavy (non-hydrogen) atoms. The highest BCUT2D eigenvalue weighted by molar-refractivity contribution is 7.92. The molecule has 1 N–H and O–H groups in total. The van der Waals surface area contributed by atoms with Crippen LogP contribution in [0.3, 0.4) is 0 Å². The molecule has 0 spiro atoms. The summed E-state index contributed by atoms with van der Waals surface area (Å²) in [5.74, 6) is 0.0988. The Kier molecular flexibility index (Phi) is 6.42. The van der Waals surface area contributed by atoms with Crippen LogP contribution in [-0.2, 0) is 21.4 Å². The summed E-state index contributed by atoms with van der Waals surface area (Å²) in [5.41, 5.74) is 3.02. The van der Waals surface area contributed by atoms with Crippen molar-refractivity contribution in [2.45, 2.75) is 20.4 Å². The van der Waals surface area contributed by atoms with Gasteiger partial charge in [0.25, 0.3) is 0 Å². The van der Waals surface area contributed by atoms with E-state index in [4.69, 9.17) is 16.1 Å². The van der Waals surface area contributed by atoms with Crippen molar-refractivity contribution in [3.8, 4) is 11.4 Å². The third-order valence-corrected chi connectivity index (χ3v) is 5.89. The fourth-order valence-corrected chi connectivity index (χ4v) is 3.67. The van der Waals surface area contributed by atoms with E-state index in [1.165, 1.54) is 6.07 Å². The van der Waals surface area contributed by atoms with Gasteiger partial charge in [0.05, 0.1) is 18.5 Å². The van der Waals surface area contributed by atoms with Gasteiger partial charge in [0.1, 0.15) is 6.54 Å². The van der Waals surface area contributed by atoms with Crippen molar-refractivity contribution >= 4 is 33.2 Å². The van der Waals surface area contributed by atoms with E-state index in [1.807, 2.05) is 31.2 Å². The molecule has 0 bridgehead atoms. The Labute approximate surface area is 179 Å². The second kappa shape index (κ2) is 8.85. The highest BCUT2D eigenvalue weighted by Crippen LogP contribution is 2.24. The molecular weight excluding hydrogens is 428 g/mol. The van der Waals surface area contributed by atoms with Crippen molar-refractivity contribution in [2.24, 2.45) is 0 Å². The van der Waals surface area contributed by atoms with Gasteiger partial charge in [-0.05, 0) is 31.5 Å². The van der Waals surface area contributed by atoms with E-state index in [-0.39, 0.29) is 12.4 Å². The van der Waals surface area contributed by atoms with Crippen LogP contribution in [0.5, 0.6) is 0 Å². The molecule has 0 saturated carbocycles. The molecule has 0 unspecified atom stereocenters. The minimum atomic E-state index is -3.70. The summed E-state index contributed by atoms with van der Waals surface area (Å²) in [6, 6.07) is 12.4. The minimum Gasteiger partial charge on any atom is -0.345 e. The third kappa shape index (κ3) is 5.37. The van der Waals surface area contributed by atoms with Crippen molar-refractivity contribution in [1.29, 1.82) is 0 Å². The first-order valence-corrected chi connectivity index (χ1v) is 11.3. The van der Waals surface area contributed by atoms with Crippen molar-refractivity contribution in [3.05, 3.63) is 64.5 Å². The first-order valence-electron chi connectivity index (χ1n) is 9.03. The summed E-state index contributed by atoms with van der Waals surface area (Å²) in [4.78, 5) is 16.6. The first-order chi connectivity index (χ1) is 14.1. The van der Waals surface area contributed by atoms with E-state index in [9.17, 15) is 13.2 Å². The van der Waals surface area contributed by atoms with Crippen LogP contribution in [0.25, 0.3) is 11.4 Å². The summed E-state index contributed by atoms with van der Waals surface area (Å²) in [7, 11) is -3.70. The van der Waals surface area contributed by atoms with Crippen molar-refractivity contribution in [2.75, 3.05) is 17.1 Å². The second-order valence-electron chi connectivity index (χ2n) is 6.86. The molecule has 10 heteroatoms. The number of hydrogen-bond donors (Lipinski definition) is 1. The maximum absolute atomic E-state index is 12.4. The molecule has 3 aromatic rings. The van der Waals surface area contributed by atoms with Crippen LogP contribution < -0.4 is 9.62 Å². The maximum atomic E-state index is 12.4. The van der Waals surface area contributed by atoms with Gasteiger partial charge in [0.15, 0.2) is 0 Å². The Hall–Kier alpha value is -2.91. The highest BCUT2D eigenvalue weighted by atomic mass is 35.5. The lowest BCUT2D eigenvalue weighted by Gasteiger charge is -2.22. The van der Waals surface area contributed by atoms with E-state index in [1.54, 1.807) is 19.1 Å².